The van der Waals surface area contributed by atoms with Crippen molar-refractivity contribution in [2.45, 2.75) is 17.2 Å². The second-order valence-corrected chi connectivity index (χ2v) is 10.5. The predicted molar refractivity (Wildman–Crippen MR) is 162 cm³/mol. The molecule has 0 unspecified atom stereocenters. The molecule has 2 heterocycles. The molecule has 10 nitrogen and oxygen atoms in total. The molecular weight excluding hydrogens is 560 g/mol. The number of rotatable bonds is 8. The number of fused-ring (bicyclic) bond motifs is 1. The fourth-order valence-corrected chi connectivity index (χ4v) is 6.58. The molecule has 0 spiro atoms. The zero-order chi connectivity index (χ0) is 30.9. The third kappa shape index (κ3) is 4.16. The Labute approximate surface area is 255 Å². The van der Waals surface area contributed by atoms with Crippen LogP contribution in [0.1, 0.15) is 11.1 Å². The molecule has 0 aromatic heterocycles. The molecule has 1 fully saturated rings. The van der Waals surface area contributed by atoms with Crippen LogP contribution in [0.2, 0.25) is 0 Å². The number of ether oxygens (including phenoxy) is 4. The lowest BCUT2D eigenvalue weighted by Gasteiger charge is -2.40. The highest BCUT2D eigenvalue weighted by molar-refractivity contribution is 5.92. The number of hydrazine groups is 1. The summed E-state index contributed by atoms with van der Waals surface area (Å²) in [4.78, 5) is 31.7. The number of azo groups is 1. The molecule has 10 heteroatoms. The molecule has 0 amide bonds. The lowest BCUT2D eigenvalue weighted by Crippen LogP contribution is -2.59. The van der Waals surface area contributed by atoms with Crippen LogP contribution in [0.25, 0.3) is 0 Å². The van der Waals surface area contributed by atoms with Crippen molar-refractivity contribution in [2.75, 3.05) is 33.3 Å². The van der Waals surface area contributed by atoms with E-state index in [-0.39, 0.29) is 0 Å². The second-order valence-electron chi connectivity index (χ2n) is 10.5. The highest BCUT2D eigenvalue weighted by Gasteiger charge is 2.81. The third-order valence-corrected chi connectivity index (χ3v) is 8.46. The normalized spacial score (nSPS) is 23.6. The zero-order valence-corrected chi connectivity index (χ0v) is 24.8. The third-order valence-electron chi connectivity index (χ3n) is 8.46. The number of para-hydroxylation sites is 1. The van der Waals surface area contributed by atoms with Gasteiger partial charge in [-0.1, -0.05) is 60.7 Å². The molecule has 2 aliphatic rings. The fourth-order valence-electron chi connectivity index (χ4n) is 6.58. The Morgan fingerprint density at radius 1 is 0.705 bits per heavy atom. The first-order chi connectivity index (χ1) is 21.4. The monoisotopic (exact) mass is 593 g/mol. The molecular formula is C34H33N4O6+. The average Bonchev–Trinajstić information content (AvgIpc) is 3.57. The number of nitrogens with one attached hydrogen (secondary N) is 1. The molecule has 0 aliphatic carbocycles. The van der Waals surface area contributed by atoms with Crippen molar-refractivity contribution in [3.63, 3.8) is 0 Å². The lowest BCUT2D eigenvalue weighted by molar-refractivity contribution is -0.570. The van der Waals surface area contributed by atoms with Crippen molar-refractivity contribution in [3.05, 3.63) is 120 Å². The van der Waals surface area contributed by atoms with E-state index in [1.807, 2.05) is 102 Å². The first-order valence-electron chi connectivity index (χ1n) is 14.1. The number of anilines is 1. The number of benzene rings is 4. The van der Waals surface area contributed by atoms with Gasteiger partial charge in [0, 0.05) is 33.3 Å². The molecule has 2 aliphatic heterocycles. The van der Waals surface area contributed by atoms with Gasteiger partial charge in [0.25, 0.3) is 11.4 Å². The quantitative estimate of drug-likeness (QED) is 0.227. The van der Waals surface area contributed by atoms with Gasteiger partial charge in [-0.2, -0.15) is 5.43 Å². The maximum atomic E-state index is 14.2. The zero-order valence-electron chi connectivity index (χ0n) is 24.8. The summed E-state index contributed by atoms with van der Waals surface area (Å²) in [6, 6.07) is 32.8. The highest BCUT2D eigenvalue weighted by atomic mass is 16.5. The van der Waals surface area contributed by atoms with Crippen LogP contribution in [0.3, 0.4) is 0 Å². The van der Waals surface area contributed by atoms with E-state index in [0.29, 0.717) is 22.7 Å². The molecule has 4 aromatic carbocycles. The standard InChI is InChI=1S/C34H33N4O6/c1-41-27-19-15-23(16-20-27)33-29(31(39)43-3)30(32(40)44-4)37(25-17-21-28(42-2)22-18-25)34(33,24-11-7-5-8-12-24)36-38(35-33)26-13-9-6-10-14-26/h5-22,29-30H,1-4H3,(H,35,36)/q+1/t29-,30+,33-,34+/m0/s1. The van der Waals surface area contributed by atoms with Gasteiger partial charge in [0.1, 0.15) is 23.5 Å². The van der Waals surface area contributed by atoms with Gasteiger partial charge in [-0.15, -0.1) is 0 Å². The van der Waals surface area contributed by atoms with Crippen molar-refractivity contribution in [1.82, 2.24) is 5.43 Å². The molecule has 0 radical (unpaired) electrons. The van der Waals surface area contributed by atoms with E-state index >= 15 is 0 Å². The minimum Gasteiger partial charge on any atom is -0.497 e. The molecule has 4 aromatic rings. The van der Waals surface area contributed by atoms with Crippen LogP contribution in [0.5, 0.6) is 11.5 Å². The number of hydrogen-bond acceptors (Lipinski definition) is 9. The van der Waals surface area contributed by atoms with Gasteiger partial charge in [0.05, 0.1) is 28.4 Å². The lowest BCUT2D eigenvalue weighted by atomic mass is 9.69. The van der Waals surface area contributed by atoms with Crippen LogP contribution >= 0.6 is 0 Å². The topological polar surface area (TPSA) is 102 Å². The van der Waals surface area contributed by atoms with Crippen LogP contribution in [0.4, 0.5) is 11.4 Å². The summed E-state index contributed by atoms with van der Waals surface area (Å²) < 4.78 is 21.8. The molecule has 4 atom stereocenters. The van der Waals surface area contributed by atoms with Gasteiger partial charge in [-0.25, -0.2) is 4.79 Å². The first-order valence-corrected chi connectivity index (χ1v) is 14.1. The molecule has 1 N–H and O–H groups in total. The van der Waals surface area contributed by atoms with Gasteiger partial charge >= 0.3 is 11.9 Å². The second kappa shape index (κ2) is 11.4. The van der Waals surface area contributed by atoms with Crippen molar-refractivity contribution in [1.29, 1.82) is 0 Å². The molecule has 0 saturated carbocycles. The number of hydrogen-bond donors (Lipinski definition) is 1. The van der Waals surface area contributed by atoms with Crippen LogP contribution in [0.15, 0.2) is 114 Å². The predicted octanol–water partition coefficient (Wildman–Crippen LogP) is 4.92. The largest absolute Gasteiger partial charge is 0.497 e. The average molecular weight is 594 g/mol. The maximum Gasteiger partial charge on any atom is 0.329 e. The van der Waals surface area contributed by atoms with E-state index in [9.17, 15) is 9.59 Å². The van der Waals surface area contributed by atoms with Crippen LogP contribution in [0, 0.1) is 5.92 Å². The SMILES string of the molecule is COC(=O)[C@@H]1[C@H](C(=O)OC)N(c2ccc(OC)cc2)[C@@]2(c3ccccc3)N=[N+](c3ccccc3)N[C@@]12c1ccc(OC)cc1. The van der Waals surface area contributed by atoms with Crippen LogP contribution in [-0.4, -0.2) is 51.2 Å². The van der Waals surface area contributed by atoms with E-state index in [0.717, 1.165) is 11.3 Å². The maximum absolute atomic E-state index is 14.2. The van der Waals surface area contributed by atoms with Crippen molar-refractivity contribution in [3.8, 4) is 11.5 Å². The Morgan fingerprint density at radius 2 is 1.25 bits per heavy atom. The van der Waals surface area contributed by atoms with Gasteiger partial charge in [-0.3, -0.25) is 4.79 Å². The van der Waals surface area contributed by atoms with E-state index in [4.69, 9.17) is 24.1 Å². The van der Waals surface area contributed by atoms with Crippen LogP contribution < -0.4 is 19.8 Å². The van der Waals surface area contributed by atoms with Crippen molar-refractivity contribution in [2.24, 2.45) is 11.0 Å². The summed E-state index contributed by atoms with van der Waals surface area (Å²) in [5.41, 5.74) is 3.57. The minimum absolute atomic E-state index is 0.606. The van der Waals surface area contributed by atoms with E-state index in [2.05, 4.69) is 5.43 Å². The Kier molecular flexibility index (Phi) is 7.42. The van der Waals surface area contributed by atoms with Crippen molar-refractivity contribution < 1.29 is 33.3 Å². The summed E-state index contributed by atoms with van der Waals surface area (Å²) in [5, 5.41) is 5.42. The number of esters is 2. The van der Waals surface area contributed by atoms with Gasteiger partial charge in [0.2, 0.25) is 0 Å². The number of nitrogens with zero attached hydrogens (tertiary/aromatic N) is 3. The molecule has 0 bridgehead atoms. The Balaban J connectivity index is 1.78. The number of carbonyl (C=O) groups is 2. The van der Waals surface area contributed by atoms with Gasteiger partial charge < -0.3 is 23.8 Å². The van der Waals surface area contributed by atoms with E-state index in [1.165, 1.54) is 14.2 Å². The van der Waals surface area contributed by atoms with Crippen molar-refractivity contribution >= 4 is 23.3 Å². The van der Waals surface area contributed by atoms with E-state index in [1.54, 1.807) is 31.2 Å². The smallest absolute Gasteiger partial charge is 0.329 e. The number of carbonyl (C=O) groups excluding carboxylic acids is 2. The molecule has 6 rings (SSSR count). The van der Waals surface area contributed by atoms with Gasteiger partial charge in [0.15, 0.2) is 5.54 Å². The first kappa shape index (κ1) is 28.7. The summed E-state index contributed by atoms with van der Waals surface area (Å²) >= 11 is 0. The summed E-state index contributed by atoms with van der Waals surface area (Å²) in [7, 11) is 5.81. The number of methoxy groups -OCH3 is 4. The summed E-state index contributed by atoms with van der Waals surface area (Å²) in [6.07, 6.45) is 0. The van der Waals surface area contributed by atoms with E-state index < -0.39 is 35.1 Å². The molecule has 1 saturated heterocycles. The highest BCUT2D eigenvalue weighted by Crippen LogP contribution is 2.62. The fraction of sp³-hybridized carbons (Fsp3) is 0.235. The Bertz CT molecular complexity index is 1680. The summed E-state index contributed by atoms with van der Waals surface area (Å²) in [6.45, 7) is 0. The minimum atomic E-state index is -1.43. The Morgan fingerprint density at radius 3 is 1.80 bits per heavy atom. The molecule has 44 heavy (non-hydrogen) atoms. The van der Waals surface area contributed by atoms with Gasteiger partial charge in [-0.05, 0) is 42.0 Å². The Hall–Kier alpha value is -5.38. The molecule has 224 valence electrons. The van der Waals surface area contributed by atoms with Crippen LogP contribution in [-0.2, 0) is 30.3 Å². The summed E-state index contributed by atoms with van der Waals surface area (Å²) in [5.74, 6) is -1.10.